The van der Waals surface area contributed by atoms with Crippen molar-refractivity contribution in [3.63, 3.8) is 0 Å². The van der Waals surface area contributed by atoms with Crippen LogP contribution in [0.1, 0.15) is 16.1 Å². The molecule has 0 radical (unpaired) electrons. The molecule has 1 fully saturated rings. The molecule has 1 aliphatic rings. The molecule has 0 atom stereocenters. The van der Waals surface area contributed by atoms with Gasteiger partial charge in [0.2, 0.25) is 0 Å². The maximum Gasteiger partial charge on any atom is 0.289 e. The van der Waals surface area contributed by atoms with Crippen LogP contribution in [-0.2, 0) is 9.53 Å². The van der Waals surface area contributed by atoms with Crippen LogP contribution in [0, 0.1) is 0 Å². The molecule has 9 nitrogen and oxygen atoms in total. The van der Waals surface area contributed by atoms with E-state index in [9.17, 15) is 9.59 Å². The molecule has 0 aliphatic carbocycles. The molecule has 1 saturated heterocycles. The zero-order valence-electron chi connectivity index (χ0n) is 16.0. The Bertz CT molecular complexity index is 866. The number of hydrogen-bond acceptors (Lipinski definition) is 7. The van der Waals surface area contributed by atoms with Crippen LogP contribution in [-0.4, -0.2) is 67.9 Å². The molecule has 0 bridgehead atoms. The van der Waals surface area contributed by atoms with Gasteiger partial charge >= 0.3 is 0 Å². The van der Waals surface area contributed by atoms with Crippen LogP contribution in [0.15, 0.2) is 47.7 Å². The summed E-state index contributed by atoms with van der Waals surface area (Å²) in [6.07, 6.45) is 3.01. The van der Waals surface area contributed by atoms with Gasteiger partial charge in [0, 0.05) is 19.3 Å². The van der Waals surface area contributed by atoms with Crippen LogP contribution in [0.3, 0.4) is 0 Å². The number of nitrogens with zero attached hydrogens (tertiary/aromatic N) is 3. The number of amides is 2. The predicted octanol–water partition coefficient (Wildman–Crippen LogP) is 1.09. The first kappa shape index (κ1) is 20.3. The summed E-state index contributed by atoms with van der Waals surface area (Å²) in [5.74, 6) is 0.400. The largest absolute Gasteiger partial charge is 0.493 e. The fourth-order valence-corrected chi connectivity index (χ4v) is 2.65. The highest BCUT2D eigenvalue weighted by Gasteiger charge is 2.18. The average molecular weight is 398 g/mol. The number of benzene rings is 1. The maximum absolute atomic E-state index is 12.2. The van der Waals surface area contributed by atoms with Crippen molar-refractivity contribution >= 4 is 18.0 Å². The Labute approximate surface area is 168 Å². The molecule has 0 unspecified atom stereocenters. The van der Waals surface area contributed by atoms with Crippen LogP contribution < -0.4 is 14.9 Å². The first-order chi connectivity index (χ1) is 14.2. The topological polar surface area (TPSA) is 102 Å². The maximum atomic E-state index is 12.2. The third-order valence-corrected chi connectivity index (χ3v) is 4.18. The second kappa shape index (κ2) is 10.2. The molecule has 1 aromatic heterocycles. The molecule has 1 aliphatic heterocycles. The lowest BCUT2D eigenvalue weighted by Gasteiger charge is -2.26. The summed E-state index contributed by atoms with van der Waals surface area (Å²) in [6.45, 7) is 2.14. The van der Waals surface area contributed by atoms with Crippen molar-refractivity contribution in [2.45, 2.75) is 0 Å². The molecule has 9 heteroatoms. The summed E-state index contributed by atoms with van der Waals surface area (Å²) < 4.78 is 16.2. The molecule has 152 valence electrons. The second-order valence-corrected chi connectivity index (χ2v) is 6.11. The number of hydrogen-bond donors (Lipinski definition) is 1. The molecule has 2 aromatic rings. The number of nitrogens with one attached hydrogen (secondary N) is 1. The molecule has 1 N–H and O–H groups in total. The van der Waals surface area contributed by atoms with E-state index >= 15 is 0 Å². The Morgan fingerprint density at radius 3 is 2.79 bits per heavy atom. The number of rotatable bonds is 7. The van der Waals surface area contributed by atoms with E-state index < -0.39 is 5.91 Å². The number of aromatic nitrogens is 1. The van der Waals surface area contributed by atoms with Crippen molar-refractivity contribution in [1.29, 1.82) is 0 Å². The molecule has 0 saturated carbocycles. The number of morpholine rings is 1. The lowest BCUT2D eigenvalue weighted by Crippen LogP contribution is -2.43. The smallest absolute Gasteiger partial charge is 0.289 e. The molecule has 29 heavy (non-hydrogen) atoms. The number of hydrazone groups is 1. The molecule has 3 rings (SSSR count). The van der Waals surface area contributed by atoms with Gasteiger partial charge in [0.05, 0.1) is 26.5 Å². The first-order valence-corrected chi connectivity index (χ1v) is 9.08. The van der Waals surface area contributed by atoms with Gasteiger partial charge in [-0.1, -0.05) is 6.07 Å². The highest BCUT2D eigenvalue weighted by molar-refractivity contribution is 5.93. The van der Waals surface area contributed by atoms with E-state index in [2.05, 4.69) is 15.5 Å². The first-order valence-electron chi connectivity index (χ1n) is 9.08. The average Bonchev–Trinajstić information content (AvgIpc) is 2.78. The van der Waals surface area contributed by atoms with Gasteiger partial charge in [0.1, 0.15) is 5.69 Å². The van der Waals surface area contributed by atoms with Gasteiger partial charge < -0.3 is 19.1 Å². The summed E-state index contributed by atoms with van der Waals surface area (Å²) in [7, 11) is 1.51. The monoisotopic (exact) mass is 398 g/mol. The van der Waals surface area contributed by atoms with E-state index in [1.54, 1.807) is 41.3 Å². The van der Waals surface area contributed by atoms with E-state index in [-0.39, 0.29) is 18.2 Å². The normalized spacial score (nSPS) is 13.9. The SMILES string of the molecule is COc1cc(/C=N\NC(=O)c2ccccn2)ccc1OCC(=O)N1CCOCC1. The van der Waals surface area contributed by atoms with Crippen LogP contribution in [0.25, 0.3) is 0 Å². The third-order valence-electron chi connectivity index (χ3n) is 4.18. The zero-order chi connectivity index (χ0) is 20.5. The second-order valence-electron chi connectivity index (χ2n) is 6.11. The van der Waals surface area contributed by atoms with Gasteiger partial charge in [0.25, 0.3) is 11.8 Å². The molecular formula is C20H22N4O5. The van der Waals surface area contributed by atoms with Crippen molar-refractivity contribution in [2.24, 2.45) is 5.10 Å². The zero-order valence-corrected chi connectivity index (χ0v) is 16.0. The summed E-state index contributed by atoms with van der Waals surface area (Å²) in [6, 6.07) is 10.2. The molecule has 2 amide bonds. The van der Waals surface area contributed by atoms with E-state index in [0.717, 1.165) is 0 Å². The summed E-state index contributed by atoms with van der Waals surface area (Å²) in [4.78, 5) is 29.8. The minimum Gasteiger partial charge on any atom is -0.493 e. The number of methoxy groups -OCH3 is 1. The molecule has 2 heterocycles. The van der Waals surface area contributed by atoms with Crippen LogP contribution in [0.2, 0.25) is 0 Å². The molecule has 0 spiro atoms. The molecular weight excluding hydrogens is 376 g/mol. The van der Waals surface area contributed by atoms with Crippen LogP contribution in [0.4, 0.5) is 0 Å². The fraction of sp³-hybridized carbons (Fsp3) is 0.300. The van der Waals surface area contributed by atoms with Gasteiger partial charge in [-0.05, 0) is 35.9 Å². The van der Waals surface area contributed by atoms with Gasteiger partial charge in [-0.2, -0.15) is 5.10 Å². The summed E-state index contributed by atoms with van der Waals surface area (Å²) in [5.41, 5.74) is 3.38. The quantitative estimate of drug-likeness (QED) is 0.553. The Morgan fingerprint density at radius 2 is 2.07 bits per heavy atom. The van der Waals surface area contributed by atoms with Crippen LogP contribution in [0.5, 0.6) is 11.5 Å². The van der Waals surface area contributed by atoms with Crippen molar-refractivity contribution in [3.8, 4) is 11.5 Å². The predicted molar refractivity (Wildman–Crippen MR) is 105 cm³/mol. The third kappa shape index (κ3) is 5.76. The Balaban J connectivity index is 1.56. The van der Waals surface area contributed by atoms with Crippen molar-refractivity contribution in [3.05, 3.63) is 53.9 Å². The van der Waals surface area contributed by atoms with E-state index in [4.69, 9.17) is 14.2 Å². The number of carbonyl (C=O) groups is 2. The minimum absolute atomic E-state index is 0.0794. The van der Waals surface area contributed by atoms with Crippen molar-refractivity contribution < 1.29 is 23.8 Å². The lowest BCUT2D eigenvalue weighted by molar-refractivity contribution is -0.137. The Kier molecular flexibility index (Phi) is 7.12. The summed E-state index contributed by atoms with van der Waals surface area (Å²) >= 11 is 0. The Hall–Kier alpha value is -3.46. The van der Waals surface area contributed by atoms with Gasteiger partial charge in [-0.15, -0.1) is 0 Å². The highest BCUT2D eigenvalue weighted by atomic mass is 16.5. The summed E-state index contributed by atoms with van der Waals surface area (Å²) in [5, 5.41) is 3.92. The van der Waals surface area contributed by atoms with Gasteiger partial charge in [-0.25, -0.2) is 5.43 Å². The number of pyridine rings is 1. The van der Waals surface area contributed by atoms with E-state index in [0.29, 0.717) is 43.4 Å². The van der Waals surface area contributed by atoms with E-state index in [1.807, 2.05) is 0 Å². The van der Waals surface area contributed by atoms with Crippen LogP contribution >= 0.6 is 0 Å². The van der Waals surface area contributed by atoms with Crippen molar-refractivity contribution in [2.75, 3.05) is 40.0 Å². The minimum atomic E-state index is -0.407. The fourth-order valence-electron chi connectivity index (χ4n) is 2.65. The van der Waals surface area contributed by atoms with Gasteiger partial charge in [-0.3, -0.25) is 14.6 Å². The number of carbonyl (C=O) groups excluding carboxylic acids is 2. The van der Waals surface area contributed by atoms with E-state index in [1.165, 1.54) is 19.5 Å². The number of ether oxygens (including phenoxy) is 3. The molecule has 1 aromatic carbocycles. The standard InChI is InChI=1S/C20H22N4O5/c1-27-18-12-15(13-22-23-20(26)16-4-2-3-7-21-16)5-6-17(18)29-14-19(25)24-8-10-28-11-9-24/h2-7,12-13H,8-11,14H2,1H3,(H,23,26)/b22-13-. The lowest BCUT2D eigenvalue weighted by atomic mass is 10.2. The van der Waals surface area contributed by atoms with Crippen molar-refractivity contribution in [1.82, 2.24) is 15.3 Å². The Morgan fingerprint density at radius 1 is 1.24 bits per heavy atom. The highest BCUT2D eigenvalue weighted by Crippen LogP contribution is 2.27. The van der Waals surface area contributed by atoms with Gasteiger partial charge in [0.15, 0.2) is 18.1 Å².